The Morgan fingerprint density at radius 3 is 2.29 bits per heavy atom. The van der Waals surface area contributed by atoms with Crippen molar-refractivity contribution in [3.63, 3.8) is 0 Å². The first-order valence-electron chi connectivity index (χ1n) is 7.65. The van der Waals surface area contributed by atoms with Gasteiger partial charge in [0, 0.05) is 19.2 Å². The van der Waals surface area contributed by atoms with E-state index in [1.54, 1.807) is 6.08 Å². The number of aryl methyl sites for hydroxylation is 2. The largest absolute Gasteiger partial charge is 0.378 e. The number of hydrogen-bond acceptors (Lipinski definition) is 2. The van der Waals surface area contributed by atoms with E-state index in [4.69, 9.17) is 4.74 Å². The van der Waals surface area contributed by atoms with Crippen LogP contribution in [0.15, 0.2) is 18.2 Å². The Morgan fingerprint density at radius 2 is 1.76 bits per heavy atom. The summed E-state index contributed by atoms with van der Waals surface area (Å²) in [6, 6.07) is 4.32. The van der Waals surface area contributed by atoms with Crippen LogP contribution in [-0.4, -0.2) is 37.1 Å². The van der Waals surface area contributed by atoms with E-state index < -0.39 is 0 Å². The number of amides is 1. The number of ether oxygens (including phenoxy) is 1. The second kappa shape index (κ2) is 6.90. The number of carbonyl (C=O) groups excluding carboxylic acids is 1. The zero-order valence-electron chi connectivity index (χ0n) is 13.5. The minimum atomic E-state index is 0.0709. The number of hydrogen-bond donors (Lipinski definition) is 0. The van der Waals surface area contributed by atoms with Gasteiger partial charge in [-0.1, -0.05) is 26.0 Å². The van der Waals surface area contributed by atoms with Gasteiger partial charge >= 0.3 is 0 Å². The highest BCUT2D eigenvalue weighted by atomic mass is 16.5. The molecule has 1 aromatic rings. The summed E-state index contributed by atoms with van der Waals surface area (Å²) in [6.07, 6.45) is 3.59. The summed E-state index contributed by atoms with van der Waals surface area (Å²) < 4.78 is 5.26. The van der Waals surface area contributed by atoms with Gasteiger partial charge < -0.3 is 9.64 Å². The zero-order chi connectivity index (χ0) is 15.4. The molecule has 0 aromatic heterocycles. The van der Waals surface area contributed by atoms with E-state index in [0.29, 0.717) is 32.2 Å². The average Bonchev–Trinajstić information content (AvgIpc) is 2.44. The van der Waals surface area contributed by atoms with Gasteiger partial charge in [-0.2, -0.15) is 0 Å². The van der Waals surface area contributed by atoms with Crippen molar-refractivity contribution in [1.82, 2.24) is 4.90 Å². The Labute approximate surface area is 127 Å². The molecule has 3 nitrogen and oxygen atoms in total. The van der Waals surface area contributed by atoms with Crippen molar-refractivity contribution in [3.8, 4) is 0 Å². The standard InChI is InChI=1S/C18H25NO2/c1-13(2)18-14(3)11-16(12-15(18)4)5-6-17(20)19-7-9-21-10-8-19/h5-6,11-13H,7-10H2,1-4H3/b6-5+. The second-order valence-electron chi connectivity index (χ2n) is 5.99. The molecule has 1 aliphatic rings. The lowest BCUT2D eigenvalue weighted by molar-refractivity contribution is -0.129. The van der Waals surface area contributed by atoms with Gasteiger partial charge in [0.2, 0.25) is 5.91 Å². The predicted octanol–water partition coefficient (Wildman–Crippen LogP) is 3.30. The number of benzene rings is 1. The third kappa shape index (κ3) is 3.94. The molecule has 0 saturated carbocycles. The van der Waals surface area contributed by atoms with Crippen LogP contribution in [0, 0.1) is 13.8 Å². The molecule has 0 atom stereocenters. The minimum Gasteiger partial charge on any atom is -0.378 e. The Balaban J connectivity index is 2.12. The molecule has 0 radical (unpaired) electrons. The Hall–Kier alpha value is -1.61. The number of carbonyl (C=O) groups is 1. The fourth-order valence-electron chi connectivity index (χ4n) is 3.07. The summed E-state index contributed by atoms with van der Waals surface area (Å²) in [4.78, 5) is 13.9. The third-order valence-corrected chi connectivity index (χ3v) is 3.93. The normalized spacial score (nSPS) is 16.0. The van der Waals surface area contributed by atoms with Crippen molar-refractivity contribution in [3.05, 3.63) is 40.5 Å². The second-order valence-corrected chi connectivity index (χ2v) is 5.99. The van der Waals surface area contributed by atoms with Crippen LogP contribution in [0.5, 0.6) is 0 Å². The quantitative estimate of drug-likeness (QED) is 0.798. The van der Waals surface area contributed by atoms with E-state index in [0.717, 1.165) is 5.56 Å². The third-order valence-electron chi connectivity index (χ3n) is 3.93. The molecule has 114 valence electrons. The van der Waals surface area contributed by atoms with Crippen LogP contribution in [0.4, 0.5) is 0 Å². The molecule has 0 bridgehead atoms. The monoisotopic (exact) mass is 287 g/mol. The van der Waals surface area contributed by atoms with Crippen molar-refractivity contribution >= 4 is 12.0 Å². The van der Waals surface area contributed by atoms with E-state index in [1.165, 1.54) is 16.7 Å². The van der Waals surface area contributed by atoms with Crippen LogP contribution in [0.2, 0.25) is 0 Å². The van der Waals surface area contributed by atoms with Crippen LogP contribution in [-0.2, 0) is 9.53 Å². The first-order valence-corrected chi connectivity index (χ1v) is 7.65. The summed E-state index contributed by atoms with van der Waals surface area (Å²) in [5, 5.41) is 0. The van der Waals surface area contributed by atoms with Crippen molar-refractivity contribution in [2.24, 2.45) is 0 Å². The molecule has 21 heavy (non-hydrogen) atoms. The lowest BCUT2D eigenvalue weighted by Gasteiger charge is -2.25. The van der Waals surface area contributed by atoms with Crippen molar-refractivity contribution in [2.45, 2.75) is 33.6 Å². The molecule has 1 heterocycles. The molecule has 1 amide bonds. The van der Waals surface area contributed by atoms with E-state index in [9.17, 15) is 4.79 Å². The molecule has 0 unspecified atom stereocenters. The van der Waals surface area contributed by atoms with Gasteiger partial charge in [0.05, 0.1) is 13.2 Å². The highest BCUT2D eigenvalue weighted by Gasteiger charge is 2.14. The maximum atomic E-state index is 12.1. The van der Waals surface area contributed by atoms with Gasteiger partial charge in [-0.3, -0.25) is 4.79 Å². The van der Waals surface area contributed by atoms with Gasteiger partial charge in [-0.25, -0.2) is 0 Å². The van der Waals surface area contributed by atoms with Gasteiger partial charge in [-0.15, -0.1) is 0 Å². The molecule has 3 heteroatoms. The van der Waals surface area contributed by atoms with Crippen LogP contribution in [0.25, 0.3) is 6.08 Å². The molecule has 1 aromatic carbocycles. The van der Waals surface area contributed by atoms with E-state index in [-0.39, 0.29) is 5.91 Å². The molecule has 1 fully saturated rings. The minimum absolute atomic E-state index is 0.0709. The van der Waals surface area contributed by atoms with Crippen molar-refractivity contribution in [1.29, 1.82) is 0 Å². The summed E-state index contributed by atoms with van der Waals surface area (Å²) in [5.74, 6) is 0.597. The molecule has 1 saturated heterocycles. The Morgan fingerprint density at radius 1 is 1.19 bits per heavy atom. The molecule has 1 aliphatic heterocycles. The Kier molecular flexibility index (Phi) is 5.18. The zero-order valence-corrected chi connectivity index (χ0v) is 13.5. The van der Waals surface area contributed by atoms with Gasteiger partial charge in [-0.05, 0) is 48.1 Å². The summed E-state index contributed by atoms with van der Waals surface area (Å²) in [6.45, 7) is 11.4. The SMILES string of the molecule is Cc1cc(/C=C/C(=O)N2CCOCC2)cc(C)c1C(C)C. The van der Waals surface area contributed by atoms with Crippen LogP contribution >= 0.6 is 0 Å². The lowest BCUT2D eigenvalue weighted by atomic mass is 9.91. The molecule has 2 rings (SSSR count). The maximum Gasteiger partial charge on any atom is 0.246 e. The van der Waals surface area contributed by atoms with Crippen LogP contribution in [0.3, 0.4) is 0 Å². The first kappa shape index (κ1) is 15.8. The molecular weight excluding hydrogens is 262 g/mol. The maximum absolute atomic E-state index is 12.1. The van der Waals surface area contributed by atoms with Crippen LogP contribution in [0.1, 0.15) is 42.0 Å². The molecule has 0 spiro atoms. The Bertz CT molecular complexity index is 517. The smallest absolute Gasteiger partial charge is 0.246 e. The average molecular weight is 287 g/mol. The predicted molar refractivity (Wildman–Crippen MR) is 86.4 cm³/mol. The topological polar surface area (TPSA) is 29.5 Å². The fourth-order valence-corrected chi connectivity index (χ4v) is 3.07. The highest BCUT2D eigenvalue weighted by Crippen LogP contribution is 2.25. The summed E-state index contributed by atoms with van der Waals surface area (Å²) in [7, 11) is 0. The van der Waals surface area contributed by atoms with Crippen molar-refractivity contribution in [2.75, 3.05) is 26.3 Å². The van der Waals surface area contributed by atoms with Crippen molar-refractivity contribution < 1.29 is 9.53 Å². The van der Waals surface area contributed by atoms with Gasteiger partial charge in [0.15, 0.2) is 0 Å². The number of nitrogens with zero attached hydrogens (tertiary/aromatic N) is 1. The fraction of sp³-hybridized carbons (Fsp3) is 0.500. The summed E-state index contributed by atoms with van der Waals surface area (Å²) in [5.41, 5.74) is 5.09. The van der Waals surface area contributed by atoms with E-state index in [1.807, 2.05) is 11.0 Å². The molecular formula is C18H25NO2. The molecule has 0 aliphatic carbocycles. The van der Waals surface area contributed by atoms with Gasteiger partial charge in [0.25, 0.3) is 0 Å². The number of morpholine rings is 1. The van der Waals surface area contributed by atoms with E-state index in [2.05, 4.69) is 39.8 Å². The van der Waals surface area contributed by atoms with Crippen LogP contribution < -0.4 is 0 Å². The summed E-state index contributed by atoms with van der Waals surface area (Å²) >= 11 is 0. The van der Waals surface area contributed by atoms with Gasteiger partial charge in [0.1, 0.15) is 0 Å². The first-order chi connectivity index (χ1) is 9.99. The molecule has 0 N–H and O–H groups in total. The highest BCUT2D eigenvalue weighted by molar-refractivity contribution is 5.91. The van der Waals surface area contributed by atoms with E-state index >= 15 is 0 Å². The number of rotatable bonds is 3. The lowest BCUT2D eigenvalue weighted by Crippen LogP contribution is -2.39.